The Morgan fingerprint density at radius 3 is 2.76 bits per heavy atom. The minimum absolute atomic E-state index is 0.355. The molecule has 0 aliphatic rings. The van der Waals surface area contributed by atoms with Gasteiger partial charge in [0, 0.05) is 11.3 Å². The van der Waals surface area contributed by atoms with E-state index >= 15 is 0 Å². The molecule has 3 nitrogen and oxygen atoms in total. The summed E-state index contributed by atoms with van der Waals surface area (Å²) in [6.45, 7) is 2.04. The number of hydrogen-bond acceptors (Lipinski definition) is 3. The molecule has 0 saturated heterocycles. The molecule has 0 fully saturated rings. The van der Waals surface area contributed by atoms with Crippen molar-refractivity contribution in [2.75, 3.05) is 5.73 Å². The highest BCUT2D eigenvalue weighted by atomic mass is 32.1. The fraction of sp³-hybridized carbons (Fsp3) is 0.154. The summed E-state index contributed by atoms with van der Waals surface area (Å²) in [4.78, 5) is 11.4. The molecule has 4 heteroatoms. The number of carbonyl (C=O) groups is 1. The van der Waals surface area contributed by atoms with Crippen LogP contribution in [0.25, 0.3) is 11.1 Å². The molecular weight excluding hydrogens is 234 g/mol. The highest BCUT2D eigenvalue weighted by Gasteiger charge is 2.13. The SMILES string of the molecule is CCc1ccc(-c2ccsc2C(=O)O)cc1N. The van der Waals surface area contributed by atoms with Crippen LogP contribution in [-0.4, -0.2) is 11.1 Å². The maximum Gasteiger partial charge on any atom is 0.346 e. The number of hydrogen-bond donors (Lipinski definition) is 2. The number of carboxylic acids is 1. The predicted octanol–water partition coefficient (Wildman–Crippen LogP) is 3.26. The highest BCUT2D eigenvalue weighted by molar-refractivity contribution is 7.12. The molecule has 0 atom stereocenters. The van der Waals surface area contributed by atoms with Crippen molar-refractivity contribution < 1.29 is 9.90 Å². The lowest BCUT2D eigenvalue weighted by Gasteiger charge is -2.06. The number of nitrogens with two attached hydrogens (primary N) is 1. The number of anilines is 1. The lowest BCUT2D eigenvalue weighted by atomic mass is 10.0. The van der Waals surface area contributed by atoms with Gasteiger partial charge in [0.25, 0.3) is 0 Å². The van der Waals surface area contributed by atoms with Crippen LogP contribution in [-0.2, 0) is 6.42 Å². The Morgan fingerprint density at radius 2 is 2.18 bits per heavy atom. The topological polar surface area (TPSA) is 63.3 Å². The van der Waals surface area contributed by atoms with Gasteiger partial charge < -0.3 is 10.8 Å². The molecule has 1 aromatic carbocycles. The van der Waals surface area contributed by atoms with Crippen molar-refractivity contribution in [1.29, 1.82) is 0 Å². The van der Waals surface area contributed by atoms with Gasteiger partial charge in [0.1, 0.15) is 4.88 Å². The second-order valence-corrected chi connectivity index (χ2v) is 4.65. The van der Waals surface area contributed by atoms with Gasteiger partial charge in [-0.2, -0.15) is 0 Å². The second-order valence-electron chi connectivity index (χ2n) is 3.74. The summed E-state index contributed by atoms with van der Waals surface area (Å²) < 4.78 is 0. The summed E-state index contributed by atoms with van der Waals surface area (Å²) in [5, 5.41) is 10.8. The van der Waals surface area contributed by atoms with Crippen LogP contribution in [0, 0.1) is 0 Å². The van der Waals surface area contributed by atoms with Crippen LogP contribution in [0.15, 0.2) is 29.6 Å². The van der Waals surface area contributed by atoms with Crippen molar-refractivity contribution in [2.24, 2.45) is 0 Å². The minimum atomic E-state index is -0.895. The summed E-state index contributed by atoms with van der Waals surface area (Å²) in [5.41, 5.74) is 9.31. The molecule has 2 aromatic rings. The first-order valence-electron chi connectivity index (χ1n) is 5.33. The van der Waals surface area contributed by atoms with Crippen LogP contribution >= 0.6 is 11.3 Å². The molecule has 0 saturated carbocycles. The first-order valence-corrected chi connectivity index (χ1v) is 6.21. The van der Waals surface area contributed by atoms with E-state index in [0.29, 0.717) is 10.6 Å². The van der Waals surface area contributed by atoms with Gasteiger partial charge >= 0.3 is 5.97 Å². The molecule has 1 heterocycles. The average Bonchev–Trinajstić information content (AvgIpc) is 2.77. The molecule has 88 valence electrons. The van der Waals surface area contributed by atoms with Crippen molar-refractivity contribution in [3.63, 3.8) is 0 Å². The van der Waals surface area contributed by atoms with E-state index in [-0.39, 0.29) is 0 Å². The van der Waals surface area contributed by atoms with Gasteiger partial charge in [0.2, 0.25) is 0 Å². The fourth-order valence-electron chi connectivity index (χ4n) is 1.79. The van der Waals surface area contributed by atoms with Crippen molar-refractivity contribution >= 4 is 23.0 Å². The molecule has 0 amide bonds. The molecule has 17 heavy (non-hydrogen) atoms. The molecule has 1 aromatic heterocycles. The molecule has 0 radical (unpaired) electrons. The van der Waals surface area contributed by atoms with Crippen molar-refractivity contribution in [1.82, 2.24) is 0 Å². The van der Waals surface area contributed by atoms with E-state index in [1.807, 2.05) is 31.2 Å². The molecule has 3 N–H and O–H groups in total. The number of rotatable bonds is 3. The third-order valence-corrected chi connectivity index (χ3v) is 3.60. The zero-order valence-electron chi connectivity index (χ0n) is 9.43. The van der Waals surface area contributed by atoms with Gasteiger partial charge in [-0.3, -0.25) is 0 Å². The zero-order valence-corrected chi connectivity index (χ0v) is 10.3. The van der Waals surface area contributed by atoms with Crippen LogP contribution in [0.1, 0.15) is 22.2 Å². The highest BCUT2D eigenvalue weighted by Crippen LogP contribution is 2.30. The van der Waals surface area contributed by atoms with E-state index in [4.69, 9.17) is 10.8 Å². The number of aromatic carboxylic acids is 1. The van der Waals surface area contributed by atoms with Crippen LogP contribution in [0.2, 0.25) is 0 Å². The lowest BCUT2D eigenvalue weighted by molar-refractivity contribution is 0.0703. The molecule has 0 unspecified atom stereocenters. The van der Waals surface area contributed by atoms with Crippen LogP contribution < -0.4 is 5.73 Å². The Bertz CT molecular complexity index is 560. The molecule has 0 aliphatic carbocycles. The van der Waals surface area contributed by atoms with Gasteiger partial charge in [0.05, 0.1) is 0 Å². The van der Waals surface area contributed by atoms with Gasteiger partial charge in [-0.25, -0.2) is 4.79 Å². The number of thiophene rings is 1. The van der Waals surface area contributed by atoms with Crippen molar-refractivity contribution in [3.05, 3.63) is 40.1 Å². The van der Waals surface area contributed by atoms with Gasteiger partial charge in [-0.15, -0.1) is 11.3 Å². The van der Waals surface area contributed by atoms with E-state index < -0.39 is 5.97 Å². The molecule has 2 rings (SSSR count). The zero-order chi connectivity index (χ0) is 12.4. The maximum absolute atomic E-state index is 11.0. The van der Waals surface area contributed by atoms with Crippen molar-refractivity contribution in [3.8, 4) is 11.1 Å². The monoisotopic (exact) mass is 247 g/mol. The normalized spacial score (nSPS) is 10.4. The van der Waals surface area contributed by atoms with Crippen LogP contribution in [0.3, 0.4) is 0 Å². The van der Waals surface area contributed by atoms with E-state index in [2.05, 4.69) is 0 Å². The minimum Gasteiger partial charge on any atom is -0.477 e. The smallest absolute Gasteiger partial charge is 0.346 e. The largest absolute Gasteiger partial charge is 0.477 e. The Hall–Kier alpha value is -1.81. The average molecular weight is 247 g/mol. The standard InChI is InChI=1S/C13H13NO2S/c1-2-8-3-4-9(7-11(8)14)10-5-6-17-12(10)13(15)16/h3-7H,2,14H2,1H3,(H,15,16). The van der Waals surface area contributed by atoms with E-state index in [1.165, 1.54) is 11.3 Å². The lowest BCUT2D eigenvalue weighted by Crippen LogP contribution is -1.96. The first kappa shape index (κ1) is 11.7. The third-order valence-electron chi connectivity index (χ3n) is 2.70. The Labute approximate surface area is 104 Å². The molecule has 0 bridgehead atoms. The quantitative estimate of drug-likeness (QED) is 0.818. The summed E-state index contributed by atoms with van der Waals surface area (Å²) in [6.07, 6.45) is 0.877. The van der Waals surface area contributed by atoms with Crippen LogP contribution in [0.4, 0.5) is 5.69 Å². The number of aryl methyl sites for hydroxylation is 1. The Morgan fingerprint density at radius 1 is 1.41 bits per heavy atom. The predicted molar refractivity (Wildman–Crippen MR) is 70.5 cm³/mol. The van der Waals surface area contributed by atoms with Gasteiger partial charge in [0.15, 0.2) is 0 Å². The van der Waals surface area contributed by atoms with Gasteiger partial charge in [-0.05, 0) is 35.1 Å². The fourth-order valence-corrected chi connectivity index (χ4v) is 2.54. The van der Waals surface area contributed by atoms with E-state index in [0.717, 1.165) is 23.1 Å². The molecule has 0 spiro atoms. The van der Waals surface area contributed by atoms with Gasteiger partial charge in [-0.1, -0.05) is 19.1 Å². The first-order chi connectivity index (χ1) is 8.13. The second kappa shape index (κ2) is 4.59. The van der Waals surface area contributed by atoms with Crippen molar-refractivity contribution in [2.45, 2.75) is 13.3 Å². The third kappa shape index (κ3) is 2.17. The summed E-state index contributed by atoms with van der Waals surface area (Å²) in [5.74, 6) is -0.895. The maximum atomic E-state index is 11.0. The number of benzene rings is 1. The number of nitrogen functional groups attached to an aromatic ring is 1. The Kier molecular flexibility index (Phi) is 3.15. The Balaban J connectivity index is 2.50. The molecular formula is C13H13NO2S. The van der Waals surface area contributed by atoms with E-state index in [9.17, 15) is 4.79 Å². The van der Waals surface area contributed by atoms with E-state index in [1.54, 1.807) is 5.38 Å². The summed E-state index contributed by atoms with van der Waals surface area (Å²) >= 11 is 1.23. The summed E-state index contributed by atoms with van der Waals surface area (Å²) in [6, 6.07) is 7.53. The van der Waals surface area contributed by atoms with Crippen LogP contribution in [0.5, 0.6) is 0 Å². The summed E-state index contributed by atoms with van der Waals surface area (Å²) in [7, 11) is 0. The molecule has 0 aliphatic heterocycles. The number of carboxylic acid groups (broad SMARTS) is 1.